The van der Waals surface area contributed by atoms with Gasteiger partial charge in [-0.1, -0.05) is 22.8 Å². The van der Waals surface area contributed by atoms with E-state index in [1.165, 1.54) is 23.5 Å². The molecule has 0 aliphatic carbocycles. The zero-order chi connectivity index (χ0) is 27.0. The Bertz CT molecular complexity index is 1550. The Hall–Kier alpha value is -3.16. The highest BCUT2D eigenvalue weighted by molar-refractivity contribution is 7.86. The Morgan fingerprint density at radius 2 is 2.05 bits per heavy atom. The van der Waals surface area contributed by atoms with E-state index in [0.29, 0.717) is 47.3 Å². The fourth-order valence-corrected chi connectivity index (χ4v) is 6.32. The molecule has 11 nitrogen and oxygen atoms in total. The van der Waals surface area contributed by atoms with E-state index in [1.54, 1.807) is 24.0 Å². The predicted octanol–water partition coefficient (Wildman–Crippen LogP) is 3.47. The molecule has 0 saturated carbocycles. The first-order valence-electron chi connectivity index (χ1n) is 11.9. The third kappa shape index (κ3) is 5.79. The van der Waals surface area contributed by atoms with Crippen LogP contribution in [0.5, 0.6) is 5.75 Å². The Kier molecular flexibility index (Phi) is 7.34. The number of carbonyl (C=O) groups is 1. The number of amides is 1. The van der Waals surface area contributed by atoms with Crippen molar-refractivity contribution in [2.24, 2.45) is 5.16 Å². The van der Waals surface area contributed by atoms with E-state index in [1.807, 2.05) is 5.38 Å². The van der Waals surface area contributed by atoms with Crippen molar-refractivity contribution in [1.82, 2.24) is 14.6 Å². The van der Waals surface area contributed by atoms with Crippen molar-refractivity contribution >= 4 is 44.7 Å². The molecule has 0 radical (unpaired) electrons. The number of benzene rings is 1. The standard InChI is InChI=1S/C24H25ClN4O7S2/c1-14-10-21(30)29(35-14)12-22(31)28-8-6-15(7-9-28)24-26-18(13-37-24)17-11-20(34-27-17)23-16(25)4-3-5-19(23)36-38(2,32)33/h3-5,10,13,15,20H,6-9,11-12H2,1-2H3. The number of rotatable bonds is 7. The number of halogens is 1. The summed E-state index contributed by atoms with van der Waals surface area (Å²) in [7, 11) is -3.75. The number of carbonyl (C=O) groups excluding carboxylic acids is 1. The van der Waals surface area contributed by atoms with Crippen LogP contribution in [0.15, 0.2) is 44.1 Å². The van der Waals surface area contributed by atoms with Crippen LogP contribution in [0.1, 0.15) is 53.3 Å². The fourth-order valence-electron chi connectivity index (χ4n) is 4.56. The van der Waals surface area contributed by atoms with Gasteiger partial charge >= 0.3 is 10.1 Å². The van der Waals surface area contributed by atoms with Crippen LogP contribution in [0.25, 0.3) is 0 Å². The van der Waals surface area contributed by atoms with Crippen molar-refractivity contribution in [3.8, 4) is 5.75 Å². The van der Waals surface area contributed by atoms with E-state index in [9.17, 15) is 18.0 Å². The number of hydrogen-bond acceptors (Lipinski definition) is 10. The first-order chi connectivity index (χ1) is 18.1. The van der Waals surface area contributed by atoms with Gasteiger partial charge in [0.2, 0.25) is 5.91 Å². The van der Waals surface area contributed by atoms with Crippen LogP contribution in [-0.2, 0) is 26.3 Å². The van der Waals surface area contributed by atoms with Gasteiger partial charge in [0.05, 0.1) is 27.5 Å². The largest absolute Gasteiger partial charge is 0.387 e. The number of piperidine rings is 1. The van der Waals surface area contributed by atoms with Crippen LogP contribution < -0.4 is 9.74 Å². The topological polar surface area (TPSA) is 133 Å². The van der Waals surface area contributed by atoms with Crippen LogP contribution in [0.2, 0.25) is 5.02 Å². The molecule has 5 rings (SSSR count). The molecule has 1 unspecified atom stereocenters. The van der Waals surface area contributed by atoms with Gasteiger partial charge < -0.3 is 18.4 Å². The summed E-state index contributed by atoms with van der Waals surface area (Å²) in [6.07, 6.45) is 2.21. The minimum absolute atomic E-state index is 0.105. The third-order valence-corrected chi connectivity index (χ3v) is 8.18. The first kappa shape index (κ1) is 26.4. The van der Waals surface area contributed by atoms with E-state index < -0.39 is 16.2 Å². The number of hydrogen-bond donors (Lipinski definition) is 0. The molecule has 3 aromatic rings. The van der Waals surface area contributed by atoms with Crippen molar-refractivity contribution in [2.45, 2.75) is 44.8 Å². The minimum atomic E-state index is -3.75. The van der Waals surface area contributed by atoms with Gasteiger partial charge in [0, 0.05) is 36.9 Å². The molecule has 0 bridgehead atoms. The summed E-state index contributed by atoms with van der Waals surface area (Å²) in [5.41, 5.74) is 1.42. The van der Waals surface area contributed by atoms with Gasteiger partial charge in [-0.2, -0.15) is 13.2 Å². The molecule has 38 heavy (non-hydrogen) atoms. The van der Waals surface area contributed by atoms with E-state index in [0.717, 1.165) is 28.8 Å². The summed E-state index contributed by atoms with van der Waals surface area (Å²) in [5, 5.41) is 7.39. The summed E-state index contributed by atoms with van der Waals surface area (Å²) < 4.78 is 34.8. The predicted molar refractivity (Wildman–Crippen MR) is 140 cm³/mol. The summed E-state index contributed by atoms with van der Waals surface area (Å²) in [4.78, 5) is 36.6. The number of likely N-dealkylation sites (tertiary alicyclic amines) is 1. The smallest absolute Gasteiger partial charge is 0.306 e. The number of aryl methyl sites for hydroxylation is 1. The van der Waals surface area contributed by atoms with Gasteiger partial charge in [-0.15, -0.1) is 11.3 Å². The number of oxime groups is 1. The van der Waals surface area contributed by atoms with Crippen LogP contribution in [0, 0.1) is 6.92 Å². The van der Waals surface area contributed by atoms with Gasteiger partial charge in [-0.05, 0) is 31.9 Å². The monoisotopic (exact) mass is 580 g/mol. The molecule has 2 aliphatic rings. The van der Waals surface area contributed by atoms with E-state index in [2.05, 4.69) is 5.16 Å². The molecule has 0 spiro atoms. The van der Waals surface area contributed by atoms with Crippen LogP contribution in [0.3, 0.4) is 0 Å². The molecule has 1 fully saturated rings. The normalized spacial score (nSPS) is 18.3. The van der Waals surface area contributed by atoms with Crippen molar-refractivity contribution < 1.29 is 26.8 Å². The van der Waals surface area contributed by atoms with E-state index >= 15 is 0 Å². The highest BCUT2D eigenvalue weighted by atomic mass is 35.5. The highest BCUT2D eigenvalue weighted by Gasteiger charge is 2.32. The average molecular weight is 581 g/mol. The van der Waals surface area contributed by atoms with Crippen LogP contribution >= 0.6 is 22.9 Å². The van der Waals surface area contributed by atoms with Gasteiger partial charge in [-0.3, -0.25) is 9.59 Å². The van der Waals surface area contributed by atoms with Gasteiger partial charge in [0.15, 0.2) is 11.9 Å². The van der Waals surface area contributed by atoms with Gasteiger partial charge in [0.25, 0.3) is 5.56 Å². The molecule has 1 saturated heterocycles. The summed E-state index contributed by atoms with van der Waals surface area (Å²) in [6.45, 7) is 2.69. The molecule has 0 N–H and O–H groups in total. The fraction of sp³-hybridized carbons (Fsp3) is 0.417. The van der Waals surface area contributed by atoms with E-state index in [-0.39, 0.29) is 29.7 Å². The van der Waals surface area contributed by atoms with E-state index in [4.69, 9.17) is 30.1 Å². The Morgan fingerprint density at radius 3 is 2.74 bits per heavy atom. The highest BCUT2D eigenvalue weighted by Crippen LogP contribution is 2.40. The average Bonchev–Trinajstić information content (AvgIpc) is 3.59. The van der Waals surface area contributed by atoms with Crippen molar-refractivity contribution in [3.05, 3.63) is 67.0 Å². The first-order valence-corrected chi connectivity index (χ1v) is 15.0. The molecule has 1 atom stereocenters. The zero-order valence-electron chi connectivity index (χ0n) is 20.6. The molecule has 1 amide bonds. The van der Waals surface area contributed by atoms with Crippen LogP contribution in [0.4, 0.5) is 0 Å². The third-order valence-electron chi connectivity index (χ3n) is 6.37. The lowest BCUT2D eigenvalue weighted by Crippen LogP contribution is -2.40. The Balaban J connectivity index is 1.20. The number of nitrogens with zero attached hydrogens (tertiary/aromatic N) is 4. The number of aromatic nitrogens is 2. The second-order valence-electron chi connectivity index (χ2n) is 9.22. The molecule has 2 aliphatic heterocycles. The molecule has 4 heterocycles. The minimum Gasteiger partial charge on any atom is -0.387 e. The van der Waals surface area contributed by atoms with Crippen molar-refractivity contribution in [1.29, 1.82) is 0 Å². The SMILES string of the molecule is Cc1cc(=O)n(CC(=O)N2CCC(c3nc(C4=NOC(c5c(Cl)cccc5OS(C)(=O)=O)C4)cs3)CC2)o1. The molecular weight excluding hydrogens is 556 g/mol. The van der Waals surface area contributed by atoms with Gasteiger partial charge in [-0.25, -0.2) is 4.98 Å². The summed E-state index contributed by atoms with van der Waals surface area (Å²) >= 11 is 7.89. The Labute approximate surface area is 227 Å². The molecule has 14 heteroatoms. The summed E-state index contributed by atoms with van der Waals surface area (Å²) in [5.74, 6) is 0.624. The van der Waals surface area contributed by atoms with Gasteiger partial charge in [0.1, 0.15) is 18.0 Å². The maximum atomic E-state index is 12.6. The molecule has 1 aromatic carbocycles. The van der Waals surface area contributed by atoms with Crippen LogP contribution in [-0.4, -0.2) is 54.0 Å². The molecule has 202 valence electrons. The lowest BCUT2D eigenvalue weighted by molar-refractivity contribution is -0.134. The molecular formula is C24H25ClN4O7S2. The Morgan fingerprint density at radius 1 is 1.29 bits per heavy atom. The second kappa shape index (κ2) is 10.5. The number of thiazole rings is 1. The zero-order valence-corrected chi connectivity index (χ0v) is 23.0. The second-order valence-corrected chi connectivity index (χ2v) is 12.1. The maximum Gasteiger partial charge on any atom is 0.306 e. The quantitative estimate of drug-likeness (QED) is 0.388. The van der Waals surface area contributed by atoms with Crippen molar-refractivity contribution in [2.75, 3.05) is 19.3 Å². The lowest BCUT2D eigenvalue weighted by atomic mass is 9.97. The lowest BCUT2D eigenvalue weighted by Gasteiger charge is -2.31. The maximum absolute atomic E-state index is 12.6. The molecule has 2 aromatic heterocycles. The summed E-state index contributed by atoms with van der Waals surface area (Å²) in [6, 6.07) is 6.12. The van der Waals surface area contributed by atoms with Crippen molar-refractivity contribution in [3.63, 3.8) is 0 Å².